The minimum Gasteiger partial charge on any atom is -0.454 e. The van der Waals surface area contributed by atoms with E-state index in [1.807, 2.05) is 29.2 Å². The van der Waals surface area contributed by atoms with Gasteiger partial charge in [0, 0.05) is 18.1 Å². The van der Waals surface area contributed by atoms with Gasteiger partial charge in [0.1, 0.15) is 11.4 Å². The molecule has 3 rings (SSSR count). The highest BCUT2D eigenvalue weighted by Gasteiger charge is 2.14. The highest BCUT2D eigenvalue weighted by molar-refractivity contribution is 6.35. The minimum absolute atomic E-state index is 0.433. The number of nitrogens with zero attached hydrogens (tertiary/aromatic N) is 2. The second-order valence-electron chi connectivity index (χ2n) is 5.21. The van der Waals surface area contributed by atoms with Crippen LogP contribution in [0.2, 0.25) is 10.0 Å². The summed E-state index contributed by atoms with van der Waals surface area (Å²) in [7, 11) is 0. The quantitative estimate of drug-likeness (QED) is 0.657. The second kappa shape index (κ2) is 7.75. The first kappa shape index (κ1) is 16.9. The van der Waals surface area contributed by atoms with Crippen LogP contribution in [0.4, 0.5) is 5.69 Å². The number of aliphatic imine (C=N–C) groups is 1. The molecular formula is C17H17Cl2N3O2. The molecular weight excluding hydrogens is 349 g/mol. The Morgan fingerprint density at radius 1 is 1.08 bits per heavy atom. The summed E-state index contributed by atoms with van der Waals surface area (Å²) in [6.45, 7) is 2.74. The molecule has 0 bridgehead atoms. The van der Waals surface area contributed by atoms with Crippen LogP contribution < -0.4 is 10.5 Å². The molecule has 1 fully saturated rings. The standard InChI is InChI=1S/C17H17Cl2N3O2/c18-12-5-6-15(13(19)11-12)24-16-4-2-1-3-14(16)21-17(20)22-7-9-23-10-8-22/h1-6,11H,7-10H2,(H2,20,21). The van der Waals surface area contributed by atoms with Crippen LogP contribution in [-0.2, 0) is 4.74 Å². The summed E-state index contributed by atoms with van der Waals surface area (Å²) in [5.41, 5.74) is 6.75. The van der Waals surface area contributed by atoms with Crippen molar-refractivity contribution in [1.82, 2.24) is 4.90 Å². The Morgan fingerprint density at radius 2 is 1.83 bits per heavy atom. The van der Waals surface area contributed by atoms with Crippen LogP contribution in [0.25, 0.3) is 0 Å². The van der Waals surface area contributed by atoms with Crippen LogP contribution in [-0.4, -0.2) is 37.2 Å². The van der Waals surface area contributed by atoms with Gasteiger partial charge in [0.2, 0.25) is 0 Å². The van der Waals surface area contributed by atoms with Gasteiger partial charge in [0.05, 0.1) is 18.2 Å². The summed E-state index contributed by atoms with van der Waals surface area (Å²) in [6.07, 6.45) is 0. The first-order chi connectivity index (χ1) is 11.6. The van der Waals surface area contributed by atoms with E-state index in [9.17, 15) is 0 Å². The van der Waals surface area contributed by atoms with Crippen LogP contribution >= 0.6 is 23.2 Å². The van der Waals surface area contributed by atoms with Gasteiger partial charge in [-0.3, -0.25) is 0 Å². The fourth-order valence-electron chi connectivity index (χ4n) is 2.30. The van der Waals surface area contributed by atoms with Crippen molar-refractivity contribution in [3.05, 3.63) is 52.5 Å². The fourth-order valence-corrected chi connectivity index (χ4v) is 2.75. The van der Waals surface area contributed by atoms with Crippen molar-refractivity contribution in [2.75, 3.05) is 26.3 Å². The van der Waals surface area contributed by atoms with Crippen molar-refractivity contribution in [2.45, 2.75) is 0 Å². The van der Waals surface area contributed by atoms with Gasteiger partial charge in [-0.1, -0.05) is 35.3 Å². The smallest absolute Gasteiger partial charge is 0.196 e. The van der Waals surface area contributed by atoms with E-state index in [1.54, 1.807) is 18.2 Å². The zero-order chi connectivity index (χ0) is 16.9. The van der Waals surface area contributed by atoms with Crippen molar-refractivity contribution in [3.8, 4) is 11.5 Å². The maximum Gasteiger partial charge on any atom is 0.196 e. The fraction of sp³-hybridized carbons (Fsp3) is 0.235. The Morgan fingerprint density at radius 3 is 2.58 bits per heavy atom. The molecule has 0 radical (unpaired) electrons. The molecule has 1 aliphatic heterocycles. The Kier molecular flexibility index (Phi) is 5.45. The number of para-hydroxylation sites is 2. The molecule has 0 atom stereocenters. The molecule has 0 amide bonds. The van der Waals surface area contributed by atoms with E-state index in [1.165, 1.54) is 0 Å². The maximum atomic E-state index is 6.17. The van der Waals surface area contributed by atoms with Crippen LogP contribution in [0.5, 0.6) is 11.5 Å². The number of halogens is 2. The number of benzene rings is 2. The Balaban J connectivity index is 1.84. The maximum absolute atomic E-state index is 6.17. The lowest BCUT2D eigenvalue weighted by Crippen LogP contribution is -2.44. The molecule has 1 saturated heterocycles. The van der Waals surface area contributed by atoms with Gasteiger partial charge in [0.25, 0.3) is 0 Å². The first-order valence-electron chi connectivity index (χ1n) is 7.52. The number of guanidine groups is 1. The molecule has 1 aliphatic rings. The van der Waals surface area contributed by atoms with Crippen molar-refractivity contribution in [2.24, 2.45) is 10.7 Å². The Hall–Kier alpha value is -1.95. The van der Waals surface area contributed by atoms with Gasteiger partial charge >= 0.3 is 0 Å². The van der Waals surface area contributed by atoms with Gasteiger partial charge in [-0.15, -0.1) is 0 Å². The molecule has 7 heteroatoms. The highest BCUT2D eigenvalue weighted by Crippen LogP contribution is 2.36. The van der Waals surface area contributed by atoms with Crippen molar-refractivity contribution < 1.29 is 9.47 Å². The molecule has 1 heterocycles. The molecule has 0 saturated carbocycles. The summed E-state index contributed by atoms with van der Waals surface area (Å²) in [4.78, 5) is 6.48. The third-order valence-electron chi connectivity index (χ3n) is 3.55. The van der Waals surface area contributed by atoms with Crippen molar-refractivity contribution in [3.63, 3.8) is 0 Å². The van der Waals surface area contributed by atoms with E-state index in [-0.39, 0.29) is 0 Å². The summed E-state index contributed by atoms with van der Waals surface area (Å²) >= 11 is 12.1. The molecule has 2 aromatic carbocycles. The van der Waals surface area contributed by atoms with Crippen LogP contribution in [0.1, 0.15) is 0 Å². The molecule has 0 unspecified atom stereocenters. The number of morpholine rings is 1. The zero-order valence-corrected chi connectivity index (χ0v) is 14.4. The molecule has 0 aliphatic carbocycles. The van der Waals surface area contributed by atoms with Gasteiger partial charge in [-0.05, 0) is 30.3 Å². The lowest BCUT2D eigenvalue weighted by Gasteiger charge is -2.27. The summed E-state index contributed by atoms with van der Waals surface area (Å²) in [5, 5.41) is 0.984. The average Bonchev–Trinajstić information content (AvgIpc) is 2.59. The Labute approximate surface area is 150 Å². The van der Waals surface area contributed by atoms with E-state index >= 15 is 0 Å². The molecule has 0 aromatic heterocycles. The summed E-state index contributed by atoms with van der Waals surface area (Å²) < 4.78 is 11.2. The molecule has 126 valence electrons. The van der Waals surface area contributed by atoms with E-state index in [2.05, 4.69) is 4.99 Å². The molecule has 24 heavy (non-hydrogen) atoms. The lowest BCUT2D eigenvalue weighted by molar-refractivity contribution is 0.0675. The second-order valence-corrected chi connectivity index (χ2v) is 6.06. The largest absolute Gasteiger partial charge is 0.454 e. The van der Waals surface area contributed by atoms with Gasteiger partial charge in [-0.25, -0.2) is 4.99 Å². The number of nitrogens with two attached hydrogens (primary N) is 1. The van der Waals surface area contributed by atoms with Gasteiger partial charge in [-0.2, -0.15) is 0 Å². The number of hydrogen-bond acceptors (Lipinski definition) is 3. The van der Waals surface area contributed by atoms with Gasteiger partial charge < -0.3 is 20.1 Å². The molecule has 5 nitrogen and oxygen atoms in total. The van der Waals surface area contributed by atoms with E-state index in [4.69, 9.17) is 38.4 Å². The molecule has 2 aromatic rings. The SMILES string of the molecule is NC(=Nc1ccccc1Oc1ccc(Cl)cc1Cl)N1CCOCC1. The van der Waals surface area contributed by atoms with Crippen LogP contribution in [0.3, 0.4) is 0 Å². The highest BCUT2D eigenvalue weighted by atomic mass is 35.5. The number of ether oxygens (including phenoxy) is 2. The summed E-state index contributed by atoms with van der Waals surface area (Å²) in [5.74, 6) is 1.52. The minimum atomic E-state index is 0.433. The lowest BCUT2D eigenvalue weighted by atomic mass is 10.3. The zero-order valence-electron chi connectivity index (χ0n) is 12.9. The van der Waals surface area contributed by atoms with E-state index < -0.39 is 0 Å². The third kappa shape index (κ3) is 4.12. The Bertz CT molecular complexity index is 746. The van der Waals surface area contributed by atoms with E-state index in [0.29, 0.717) is 46.4 Å². The monoisotopic (exact) mass is 365 g/mol. The van der Waals surface area contributed by atoms with Gasteiger partial charge in [0.15, 0.2) is 11.7 Å². The normalized spacial score (nSPS) is 15.4. The molecule has 2 N–H and O–H groups in total. The predicted octanol–water partition coefficient (Wildman–Crippen LogP) is 4.06. The average molecular weight is 366 g/mol. The number of hydrogen-bond donors (Lipinski definition) is 1. The van der Waals surface area contributed by atoms with Crippen LogP contribution in [0.15, 0.2) is 47.5 Å². The van der Waals surface area contributed by atoms with Crippen LogP contribution in [0, 0.1) is 0 Å². The predicted molar refractivity (Wildman–Crippen MR) is 96.7 cm³/mol. The number of rotatable bonds is 3. The first-order valence-corrected chi connectivity index (χ1v) is 8.28. The van der Waals surface area contributed by atoms with E-state index in [0.717, 1.165) is 13.1 Å². The van der Waals surface area contributed by atoms with Crippen molar-refractivity contribution >= 4 is 34.8 Å². The molecule has 0 spiro atoms. The topological polar surface area (TPSA) is 60.1 Å². The third-order valence-corrected chi connectivity index (χ3v) is 4.08. The van der Waals surface area contributed by atoms with Crippen molar-refractivity contribution in [1.29, 1.82) is 0 Å². The summed E-state index contributed by atoms with van der Waals surface area (Å²) in [6, 6.07) is 12.5.